The topological polar surface area (TPSA) is 61.8 Å². The summed E-state index contributed by atoms with van der Waals surface area (Å²) in [7, 11) is 1.30. The van der Waals surface area contributed by atoms with Gasteiger partial charge in [0, 0.05) is 6.42 Å². The lowest BCUT2D eigenvalue weighted by Gasteiger charge is -2.16. The predicted octanol–water partition coefficient (Wildman–Crippen LogP) is 3.40. The summed E-state index contributed by atoms with van der Waals surface area (Å²) in [4.78, 5) is 23.6. The van der Waals surface area contributed by atoms with E-state index >= 15 is 0 Å². The fourth-order valence-corrected chi connectivity index (χ4v) is 1.88. The molecule has 122 valence electrons. The van der Waals surface area contributed by atoms with Crippen molar-refractivity contribution in [2.45, 2.75) is 52.7 Å². The van der Waals surface area contributed by atoms with E-state index in [0.717, 1.165) is 0 Å². The summed E-state index contributed by atoms with van der Waals surface area (Å²) in [6.45, 7) is 7.61. The maximum Gasteiger partial charge on any atom is 0.305 e. The quantitative estimate of drug-likeness (QED) is 0.544. The third kappa shape index (κ3) is 5.76. The van der Waals surface area contributed by atoms with Crippen molar-refractivity contribution >= 4 is 11.8 Å². The Morgan fingerprint density at radius 1 is 1.00 bits per heavy atom. The summed E-state index contributed by atoms with van der Waals surface area (Å²) in [6, 6.07) is 5.16. The third-order valence-electron chi connectivity index (χ3n) is 2.77. The van der Waals surface area contributed by atoms with E-state index in [2.05, 4.69) is 4.74 Å². The normalized spacial score (nSPS) is 10.7. The molecule has 0 aromatic heterocycles. The molecule has 0 unspecified atom stereocenters. The summed E-state index contributed by atoms with van der Waals surface area (Å²) in [5.41, 5.74) is 0.427. The molecule has 1 rings (SSSR count). The van der Waals surface area contributed by atoms with Gasteiger partial charge in [-0.3, -0.25) is 9.59 Å². The van der Waals surface area contributed by atoms with E-state index in [1.807, 2.05) is 27.7 Å². The Kier molecular flexibility index (Phi) is 6.89. The number of methoxy groups -OCH3 is 1. The van der Waals surface area contributed by atoms with E-state index in [1.54, 1.807) is 18.2 Å². The lowest BCUT2D eigenvalue weighted by Crippen LogP contribution is -2.12. The summed E-state index contributed by atoms with van der Waals surface area (Å²) in [5, 5.41) is 0. The Morgan fingerprint density at radius 3 is 2.18 bits per heavy atom. The van der Waals surface area contributed by atoms with Crippen LogP contribution in [0.2, 0.25) is 0 Å². The highest BCUT2D eigenvalue weighted by Crippen LogP contribution is 2.27. The molecule has 0 atom stereocenters. The van der Waals surface area contributed by atoms with Crippen LogP contribution in [0.3, 0.4) is 0 Å². The van der Waals surface area contributed by atoms with Crippen molar-refractivity contribution in [3.63, 3.8) is 0 Å². The lowest BCUT2D eigenvalue weighted by molar-refractivity contribution is -0.140. The molecule has 22 heavy (non-hydrogen) atoms. The number of ether oxygens (including phenoxy) is 3. The van der Waals surface area contributed by atoms with Gasteiger partial charge in [-0.05, 0) is 45.9 Å². The first-order valence-electron chi connectivity index (χ1n) is 7.40. The van der Waals surface area contributed by atoms with Crippen molar-refractivity contribution in [1.29, 1.82) is 0 Å². The highest BCUT2D eigenvalue weighted by atomic mass is 16.5. The van der Waals surface area contributed by atoms with Crippen molar-refractivity contribution < 1.29 is 23.8 Å². The number of carbonyl (C=O) groups is 2. The number of benzene rings is 1. The summed E-state index contributed by atoms with van der Waals surface area (Å²) in [5.74, 6) is 0.526. The van der Waals surface area contributed by atoms with Crippen LogP contribution in [0.4, 0.5) is 0 Å². The molecule has 0 N–H and O–H groups in total. The smallest absolute Gasteiger partial charge is 0.305 e. The monoisotopic (exact) mass is 308 g/mol. The van der Waals surface area contributed by atoms with E-state index in [4.69, 9.17) is 9.47 Å². The number of hydrogen-bond acceptors (Lipinski definition) is 5. The lowest BCUT2D eigenvalue weighted by atomic mass is 10.0. The van der Waals surface area contributed by atoms with E-state index in [1.165, 1.54) is 7.11 Å². The van der Waals surface area contributed by atoms with E-state index in [-0.39, 0.29) is 30.8 Å². The van der Waals surface area contributed by atoms with Gasteiger partial charge in [0.2, 0.25) is 0 Å². The van der Waals surface area contributed by atoms with Crippen LogP contribution in [0.25, 0.3) is 0 Å². The van der Waals surface area contributed by atoms with Gasteiger partial charge in [0.1, 0.15) is 11.5 Å². The number of ketones is 1. The van der Waals surface area contributed by atoms with Crippen LogP contribution in [0.5, 0.6) is 11.5 Å². The van der Waals surface area contributed by atoms with Crippen LogP contribution < -0.4 is 9.47 Å². The Bertz CT molecular complexity index is 520. The van der Waals surface area contributed by atoms with Crippen molar-refractivity contribution in [3.8, 4) is 11.5 Å². The van der Waals surface area contributed by atoms with Gasteiger partial charge < -0.3 is 14.2 Å². The maximum atomic E-state index is 12.4. The maximum absolute atomic E-state index is 12.4. The molecular weight excluding hydrogens is 284 g/mol. The van der Waals surface area contributed by atoms with Crippen molar-refractivity contribution in [2.75, 3.05) is 7.11 Å². The number of carbonyl (C=O) groups excluding carboxylic acids is 2. The molecule has 0 aliphatic rings. The summed E-state index contributed by atoms with van der Waals surface area (Å²) < 4.78 is 15.8. The highest BCUT2D eigenvalue weighted by Gasteiger charge is 2.17. The molecule has 1 aromatic carbocycles. The zero-order valence-electron chi connectivity index (χ0n) is 13.8. The molecule has 0 bridgehead atoms. The molecule has 5 heteroatoms. The number of hydrogen-bond donors (Lipinski definition) is 0. The molecule has 5 nitrogen and oxygen atoms in total. The molecule has 0 heterocycles. The second kappa shape index (κ2) is 8.41. The fourth-order valence-electron chi connectivity index (χ4n) is 1.88. The van der Waals surface area contributed by atoms with Crippen molar-refractivity contribution in [2.24, 2.45) is 0 Å². The van der Waals surface area contributed by atoms with Gasteiger partial charge in [0.05, 0.1) is 31.3 Å². The molecule has 0 spiro atoms. The molecular formula is C17H24O5. The van der Waals surface area contributed by atoms with Gasteiger partial charge in [-0.2, -0.15) is 0 Å². The summed E-state index contributed by atoms with van der Waals surface area (Å²) in [6.07, 6.45) is 0.0803. The number of esters is 1. The second-order valence-electron chi connectivity index (χ2n) is 5.49. The second-order valence-corrected chi connectivity index (χ2v) is 5.49. The van der Waals surface area contributed by atoms with Crippen LogP contribution in [-0.4, -0.2) is 31.1 Å². The largest absolute Gasteiger partial charge is 0.491 e. The van der Waals surface area contributed by atoms with Gasteiger partial charge >= 0.3 is 5.97 Å². The molecule has 1 aromatic rings. The SMILES string of the molecule is COC(=O)CCC(=O)c1cc(OC(C)C)ccc1OC(C)C. The molecule has 0 aliphatic carbocycles. The average molecular weight is 308 g/mol. The minimum absolute atomic E-state index is 0.00916. The van der Waals surface area contributed by atoms with Gasteiger partial charge in [-0.25, -0.2) is 0 Å². The highest BCUT2D eigenvalue weighted by molar-refractivity contribution is 6.00. The Hall–Kier alpha value is -2.04. The standard InChI is InChI=1S/C17H24O5/c1-11(2)21-13-6-8-16(22-12(3)4)14(10-13)15(18)7-9-17(19)20-5/h6,8,10-12H,7,9H2,1-5H3. The molecule has 0 radical (unpaired) electrons. The first-order valence-corrected chi connectivity index (χ1v) is 7.40. The Balaban J connectivity index is 2.99. The van der Waals surface area contributed by atoms with Crippen molar-refractivity contribution in [1.82, 2.24) is 0 Å². The van der Waals surface area contributed by atoms with Crippen molar-refractivity contribution in [3.05, 3.63) is 23.8 Å². The van der Waals surface area contributed by atoms with Gasteiger partial charge in [-0.15, -0.1) is 0 Å². The van der Waals surface area contributed by atoms with Crippen LogP contribution in [0.15, 0.2) is 18.2 Å². The Morgan fingerprint density at radius 2 is 1.64 bits per heavy atom. The van der Waals surface area contributed by atoms with E-state index < -0.39 is 5.97 Å². The van der Waals surface area contributed by atoms with Crippen LogP contribution in [-0.2, 0) is 9.53 Å². The average Bonchev–Trinajstić information content (AvgIpc) is 2.44. The fraction of sp³-hybridized carbons (Fsp3) is 0.529. The molecule has 0 saturated carbocycles. The molecule has 0 aliphatic heterocycles. The molecule has 0 fully saturated rings. The first kappa shape index (κ1) is 18.0. The zero-order chi connectivity index (χ0) is 16.7. The van der Waals surface area contributed by atoms with Crippen LogP contribution in [0.1, 0.15) is 50.9 Å². The molecule has 0 amide bonds. The van der Waals surface area contributed by atoms with E-state index in [9.17, 15) is 9.59 Å². The number of Topliss-reactive ketones (excluding diaryl/α,β-unsaturated/α-hetero) is 1. The minimum Gasteiger partial charge on any atom is -0.491 e. The summed E-state index contributed by atoms with van der Waals surface area (Å²) >= 11 is 0. The first-order chi connectivity index (χ1) is 10.3. The van der Waals surface area contributed by atoms with Gasteiger partial charge in [0.15, 0.2) is 5.78 Å². The van der Waals surface area contributed by atoms with Crippen LogP contribution in [0, 0.1) is 0 Å². The Labute approximate surface area is 131 Å². The number of rotatable bonds is 8. The van der Waals surface area contributed by atoms with Crippen LogP contribution >= 0.6 is 0 Å². The zero-order valence-corrected chi connectivity index (χ0v) is 13.8. The predicted molar refractivity (Wildman–Crippen MR) is 83.6 cm³/mol. The minimum atomic E-state index is -0.408. The molecule has 0 saturated heterocycles. The third-order valence-corrected chi connectivity index (χ3v) is 2.77. The van der Waals surface area contributed by atoms with Gasteiger partial charge in [0.25, 0.3) is 0 Å². The van der Waals surface area contributed by atoms with E-state index in [0.29, 0.717) is 17.1 Å². The van der Waals surface area contributed by atoms with Gasteiger partial charge in [-0.1, -0.05) is 0 Å².